The quantitative estimate of drug-likeness (QED) is 0.330. The summed E-state index contributed by atoms with van der Waals surface area (Å²) in [6, 6.07) is 7.55. The third-order valence-electron chi connectivity index (χ3n) is 4.76. The lowest BCUT2D eigenvalue weighted by atomic mass is 10.0. The number of likely N-dealkylation sites (tertiary alicyclic amines) is 1. The number of nitrogens with one attached hydrogen (secondary N) is 3. The second-order valence-corrected chi connectivity index (χ2v) is 7.08. The molecule has 2 rings (SSSR count). The summed E-state index contributed by atoms with van der Waals surface area (Å²) in [5.74, 6) is 0.487. The molecule has 0 aliphatic carbocycles. The number of rotatable bonds is 7. The maximum Gasteiger partial charge on any atom is 0.255 e. The zero-order chi connectivity index (χ0) is 19.6. The summed E-state index contributed by atoms with van der Waals surface area (Å²) in [5.41, 5.74) is 0.281. The van der Waals surface area contributed by atoms with Crippen LogP contribution in [0.2, 0.25) is 0 Å². The summed E-state index contributed by atoms with van der Waals surface area (Å²) >= 11 is 0. The van der Waals surface area contributed by atoms with Crippen molar-refractivity contribution in [3.8, 4) is 5.75 Å². The van der Waals surface area contributed by atoms with Crippen molar-refractivity contribution in [2.45, 2.75) is 45.7 Å². The van der Waals surface area contributed by atoms with Gasteiger partial charge in [0.15, 0.2) is 5.96 Å². The molecule has 1 aliphatic rings. The molecule has 7 heteroatoms. The number of hydrogen-bond acceptors (Lipinski definition) is 4. The van der Waals surface area contributed by atoms with E-state index >= 15 is 0 Å². The molecular weight excluding hydrogens is 342 g/mol. The minimum Gasteiger partial charge on any atom is -0.507 e. The Morgan fingerprint density at radius 3 is 2.59 bits per heavy atom. The molecule has 4 N–H and O–H groups in total. The number of para-hydroxylation sites is 1. The van der Waals surface area contributed by atoms with Gasteiger partial charge in [0.25, 0.3) is 5.91 Å². The zero-order valence-corrected chi connectivity index (χ0v) is 16.7. The van der Waals surface area contributed by atoms with Crippen LogP contribution in [-0.4, -0.2) is 66.7 Å². The number of nitrogens with zero attached hydrogens (tertiary/aromatic N) is 2. The minimum absolute atomic E-state index is 0.0127. The lowest BCUT2D eigenvalue weighted by molar-refractivity contribution is 0.0952. The number of guanidine groups is 1. The van der Waals surface area contributed by atoms with Gasteiger partial charge in [-0.15, -0.1) is 0 Å². The predicted octanol–water partition coefficient (Wildman–Crippen LogP) is 1.55. The third kappa shape index (κ3) is 6.75. The first-order chi connectivity index (χ1) is 13.0. The summed E-state index contributed by atoms with van der Waals surface area (Å²) in [6.45, 7) is 10.4. The van der Waals surface area contributed by atoms with Gasteiger partial charge in [0.2, 0.25) is 0 Å². The standard InChI is InChI=1S/C20H33N5O2/c1-4-21-20(24-16-9-13-25(14-10-16)15(2)3)23-12-11-22-19(27)17-7-5-6-8-18(17)26/h5-8,15-16,26H,4,9-14H2,1-3H3,(H,22,27)(H2,21,23,24). The van der Waals surface area contributed by atoms with Crippen LogP contribution in [0, 0.1) is 0 Å². The Balaban J connectivity index is 1.78. The molecule has 1 saturated heterocycles. The van der Waals surface area contributed by atoms with E-state index in [9.17, 15) is 9.90 Å². The van der Waals surface area contributed by atoms with Crippen LogP contribution in [0.3, 0.4) is 0 Å². The van der Waals surface area contributed by atoms with E-state index in [1.165, 1.54) is 6.07 Å². The van der Waals surface area contributed by atoms with Crippen molar-refractivity contribution < 1.29 is 9.90 Å². The van der Waals surface area contributed by atoms with Gasteiger partial charge >= 0.3 is 0 Å². The first-order valence-electron chi connectivity index (χ1n) is 9.86. The van der Waals surface area contributed by atoms with Crippen LogP contribution in [0.4, 0.5) is 0 Å². The van der Waals surface area contributed by atoms with Crippen molar-refractivity contribution >= 4 is 11.9 Å². The second kappa shape index (κ2) is 10.8. The van der Waals surface area contributed by atoms with Gasteiger partial charge in [-0.25, -0.2) is 0 Å². The van der Waals surface area contributed by atoms with Gasteiger partial charge in [0.1, 0.15) is 5.75 Å². The molecule has 1 heterocycles. The molecule has 0 saturated carbocycles. The maximum atomic E-state index is 12.1. The molecule has 1 aliphatic heterocycles. The largest absolute Gasteiger partial charge is 0.507 e. The molecule has 0 aromatic heterocycles. The Hall–Kier alpha value is -2.28. The molecular formula is C20H33N5O2. The van der Waals surface area contributed by atoms with Crippen LogP contribution in [0.1, 0.15) is 44.0 Å². The van der Waals surface area contributed by atoms with Crippen LogP contribution < -0.4 is 16.0 Å². The van der Waals surface area contributed by atoms with Crippen molar-refractivity contribution in [3.05, 3.63) is 29.8 Å². The van der Waals surface area contributed by atoms with Gasteiger partial charge in [-0.3, -0.25) is 9.79 Å². The number of hydrogen-bond donors (Lipinski definition) is 4. The smallest absolute Gasteiger partial charge is 0.255 e. The van der Waals surface area contributed by atoms with Crippen LogP contribution in [0.5, 0.6) is 5.75 Å². The molecule has 1 aromatic rings. The van der Waals surface area contributed by atoms with Crippen molar-refractivity contribution in [3.63, 3.8) is 0 Å². The van der Waals surface area contributed by atoms with E-state index in [4.69, 9.17) is 0 Å². The first kappa shape index (κ1) is 21.0. The number of aliphatic imine (C=N–C) groups is 1. The summed E-state index contributed by atoms with van der Waals surface area (Å²) in [4.78, 5) is 19.1. The minimum atomic E-state index is -0.290. The van der Waals surface area contributed by atoms with Crippen molar-refractivity contribution in [2.75, 3.05) is 32.7 Å². The normalized spacial score (nSPS) is 16.4. The molecule has 0 bridgehead atoms. The predicted molar refractivity (Wildman–Crippen MR) is 109 cm³/mol. The Kier molecular flexibility index (Phi) is 8.39. The number of aromatic hydroxyl groups is 1. The highest BCUT2D eigenvalue weighted by Gasteiger charge is 2.21. The molecule has 150 valence electrons. The molecule has 0 radical (unpaired) electrons. The van der Waals surface area contributed by atoms with Gasteiger partial charge in [-0.2, -0.15) is 0 Å². The Labute approximate surface area is 162 Å². The number of benzene rings is 1. The van der Waals surface area contributed by atoms with E-state index in [-0.39, 0.29) is 17.2 Å². The fraction of sp³-hybridized carbons (Fsp3) is 0.600. The molecule has 0 unspecified atom stereocenters. The van der Waals surface area contributed by atoms with Gasteiger partial charge in [-0.05, 0) is 45.7 Å². The Morgan fingerprint density at radius 2 is 1.96 bits per heavy atom. The third-order valence-corrected chi connectivity index (χ3v) is 4.76. The van der Waals surface area contributed by atoms with E-state index in [1.54, 1.807) is 18.2 Å². The SMILES string of the molecule is CCNC(=NCCNC(=O)c1ccccc1O)NC1CCN(C(C)C)CC1. The van der Waals surface area contributed by atoms with E-state index in [0.29, 0.717) is 25.2 Å². The summed E-state index contributed by atoms with van der Waals surface area (Å²) < 4.78 is 0. The summed E-state index contributed by atoms with van der Waals surface area (Å²) in [5, 5.41) is 19.3. The van der Waals surface area contributed by atoms with E-state index < -0.39 is 0 Å². The Morgan fingerprint density at radius 1 is 1.26 bits per heavy atom. The summed E-state index contributed by atoms with van der Waals surface area (Å²) in [6.07, 6.45) is 2.21. The molecule has 27 heavy (non-hydrogen) atoms. The fourth-order valence-corrected chi connectivity index (χ4v) is 3.17. The second-order valence-electron chi connectivity index (χ2n) is 7.08. The molecule has 0 atom stereocenters. The van der Waals surface area contributed by atoms with Crippen LogP contribution in [-0.2, 0) is 0 Å². The number of piperidine rings is 1. The van der Waals surface area contributed by atoms with Crippen LogP contribution in [0.25, 0.3) is 0 Å². The van der Waals surface area contributed by atoms with E-state index in [2.05, 4.69) is 39.7 Å². The first-order valence-corrected chi connectivity index (χ1v) is 9.86. The number of carbonyl (C=O) groups excluding carboxylic acids is 1. The highest BCUT2D eigenvalue weighted by Crippen LogP contribution is 2.15. The average Bonchev–Trinajstić information content (AvgIpc) is 2.66. The lowest BCUT2D eigenvalue weighted by Crippen LogP contribution is -2.50. The van der Waals surface area contributed by atoms with Gasteiger partial charge in [0, 0.05) is 38.3 Å². The fourth-order valence-electron chi connectivity index (χ4n) is 3.17. The average molecular weight is 376 g/mol. The monoisotopic (exact) mass is 375 g/mol. The van der Waals surface area contributed by atoms with Crippen molar-refractivity contribution in [2.24, 2.45) is 4.99 Å². The highest BCUT2D eigenvalue weighted by atomic mass is 16.3. The molecule has 1 amide bonds. The van der Waals surface area contributed by atoms with Crippen LogP contribution >= 0.6 is 0 Å². The number of carbonyl (C=O) groups is 1. The lowest BCUT2D eigenvalue weighted by Gasteiger charge is -2.35. The maximum absolute atomic E-state index is 12.1. The van der Waals surface area contributed by atoms with E-state index in [0.717, 1.165) is 38.4 Å². The number of phenols is 1. The zero-order valence-electron chi connectivity index (χ0n) is 16.7. The van der Waals surface area contributed by atoms with Crippen molar-refractivity contribution in [1.29, 1.82) is 0 Å². The van der Waals surface area contributed by atoms with Gasteiger partial charge < -0.3 is 26.0 Å². The van der Waals surface area contributed by atoms with Gasteiger partial charge in [-0.1, -0.05) is 12.1 Å². The van der Waals surface area contributed by atoms with Crippen LogP contribution in [0.15, 0.2) is 29.3 Å². The summed E-state index contributed by atoms with van der Waals surface area (Å²) in [7, 11) is 0. The van der Waals surface area contributed by atoms with Crippen molar-refractivity contribution in [1.82, 2.24) is 20.9 Å². The molecule has 0 spiro atoms. The topological polar surface area (TPSA) is 89.0 Å². The number of amides is 1. The van der Waals surface area contributed by atoms with Gasteiger partial charge in [0.05, 0.1) is 12.1 Å². The molecule has 1 fully saturated rings. The number of phenolic OH excluding ortho intramolecular Hbond substituents is 1. The highest BCUT2D eigenvalue weighted by molar-refractivity contribution is 5.96. The molecule has 1 aromatic carbocycles. The molecule has 7 nitrogen and oxygen atoms in total. The Bertz CT molecular complexity index is 625. The van der Waals surface area contributed by atoms with E-state index in [1.807, 2.05) is 6.92 Å².